The van der Waals surface area contributed by atoms with Crippen LogP contribution in [0.4, 0.5) is 0 Å². The second-order valence-electron chi connectivity index (χ2n) is 2.37. The van der Waals surface area contributed by atoms with Gasteiger partial charge in [0.05, 0.1) is 0 Å². The van der Waals surface area contributed by atoms with Crippen LogP contribution in [0.25, 0.3) is 0 Å². The van der Waals surface area contributed by atoms with Crippen molar-refractivity contribution in [1.29, 1.82) is 0 Å². The summed E-state index contributed by atoms with van der Waals surface area (Å²) in [5.41, 5.74) is 0. The van der Waals surface area contributed by atoms with Crippen molar-refractivity contribution in [2.75, 3.05) is 12.0 Å². The number of hydrogen-bond acceptors (Lipinski definition) is 3. The monoisotopic (exact) mass is 250 g/mol. The predicted octanol–water partition coefficient (Wildman–Crippen LogP) is 0.326. The van der Waals surface area contributed by atoms with Crippen LogP contribution >= 0.6 is 11.8 Å². The summed E-state index contributed by atoms with van der Waals surface area (Å²) in [5, 5.41) is 11.0. The maximum Gasteiger partial charge on any atom is 0.326 e. The Hall–Kier alpha value is -0.204. The molecule has 13 heavy (non-hydrogen) atoms. The first-order valence-electron chi connectivity index (χ1n) is 3.56. The third-order valence-corrected chi connectivity index (χ3v) is 1.93. The van der Waals surface area contributed by atoms with Crippen LogP contribution in [0.2, 0.25) is 0 Å². The summed E-state index contributed by atoms with van der Waals surface area (Å²) in [7, 11) is 0. The Morgan fingerprint density at radius 2 is 2.08 bits per heavy atom. The molecular formula is C7H13CoNO3S. The first-order valence-corrected chi connectivity index (χ1v) is 4.96. The van der Waals surface area contributed by atoms with Crippen LogP contribution in [0.5, 0.6) is 0 Å². The molecule has 0 spiro atoms. The molecule has 0 bridgehead atoms. The minimum atomic E-state index is -0.973. The van der Waals surface area contributed by atoms with Crippen molar-refractivity contribution in [3.8, 4) is 0 Å². The van der Waals surface area contributed by atoms with Gasteiger partial charge in [0.1, 0.15) is 6.04 Å². The molecule has 2 N–H and O–H groups in total. The first-order chi connectivity index (χ1) is 5.57. The Labute approximate surface area is 92.0 Å². The van der Waals surface area contributed by atoms with Gasteiger partial charge in [-0.05, 0) is 18.4 Å². The summed E-state index contributed by atoms with van der Waals surface area (Å²) < 4.78 is 0. The van der Waals surface area contributed by atoms with Gasteiger partial charge in [-0.25, -0.2) is 4.79 Å². The minimum Gasteiger partial charge on any atom is -0.480 e. The fourth-order valence-electron chi connectivity index (χ4n) is 0.738. The molecule has 0 saturated carbocycles. The Bertz CT molecular complexity index is 177. The molecule has 1 radical (unpaired) electrons. The molecule has 0 aliphatic heterocycles. The average Bonchev–Trinajstić information content (AvgIpc) is 1.96. The maximum atomic E-state index is 10.5. The van der Waals surface area contributed by atoms with Crippen LogP contribution in [-0.2, 0) is 26.4 Å². The van der Waals surface area contributed by atoms with E-state index in [4.69, 9.17) is 5.11 Å². The van der Waals surface area contributed by atoms with Crippen LogP contribution < -0.4 is 5.32 Å². The number of nitrogens with one attached hydrogen (secondary N) is 1. The fourth-order valence-corrected chi connectivity index (χ4v) is 1.21. The van der Waals surface area contributed by atoms with E-state index in [1.54, 1.807) is 11.8 Å². The molecule has 0 aromatic heterocycles. The molecule has 0 aliphatic rings. The molecule has 0 saturated heterocycles. The molecule has 1 unspecified atom stereocenters. The Morgan fingerprint density at radius 3 is 2.38 bits per heavy atom. The van der Waals surface area contributed by atoms with Crippen LogP contribution in [0.1, 0.15) is 13.3 Å². The zero-order chi connectivity index (χ0) is 9.56. The number of thioether (sulfide) groups is 1. The number of carbonyl (C=O) groups excluding carboxylic acids is 1. The second kappa shape index (κ2) is 8.40. The van der Waals surface area contributed by atoms with E-state index in [0.29, 0.717) is 6.42 Å². The predicted molar refractivity (Wildman–Crippen MR) is 48.2 cm³/mol. The van der Waals surface area contributed by atoms with Gasteiger partial charge in [0, 0.05) is 23.7 Å². The molecule has 0 aliphatic carbocycles. The minimum absolute atomic E-state index is 0. The standard InChI is InChI=1S/C7H13NO3S.Co/c1-5(9)8-6(7(10)11)3-4-12-2;/h6H,3-4H2,1-2H3,(H,8,9)(H,10,11);. The number of rotatable bonds is 5. The van der Waals surface area contributed by atoms with Crippen LogP contribution in [0.3, 0.4) is 0 Å². The Morgan fingerprint density at radius 1 is 1.54 bits per heavy atom. The van der Waals surface area contributed by atoms with Crippen LogP contribution in [0.15, 0.2) is 0 Å². The SMILES string of the molecule is CSCCC(NC(C)=O)C(=O)O.[Co]. The average molecular weight is 250 g/mol. The molecule has 79 valence electrons. The van der Waals surface area contributed by atoms with Gasteiger partial charge in [-0.15, -0.1) is 0 Å². The van der Waals surface area contributed by atoms with Gasteiger partial charge in [-0.2, -0.15) is 11.8 Å². The summed E-state index contributed by atoms with van der Waals surface area (Å²) in [6.45, 7) is 1.31. The molecule has 1 atom stereocenters. The fraction of sp³-hybridized carbons (Fsp3) is 0.714. The van der Waals surface area contributed by atoms with E-state index in [-0.39, 0.29) is 22.7 Å². The third-order valence-electron chi connectivity index (χ3n) is 1.29. The van der Waals surface area contributed by atoms with Crippen molar-refractivity contribution < 1.29 is 31.5 Å². The number of amides is 1. The summed E-state index contributed by atoms with van der Waals surface area (Å²) in [6, 6.07) is -0.741. The van der Waals surface area contributed by atoms with E-state index in [1.165, 1.54) is 6.92 Å². The zero-order valence-corrected chi connectivity index (χ0v) is 9.35. The Balaban J connectivity index is 0. The molecular weight excluding hydrogens is 237 g/mol. The van der Waals surface area contributed by atoms with Crippen LogP contribution in [0, 0.1) is 0 Å². The van der Waals surface area contributed by atoms with Crippen molar-refractivity contribution >= 4 is 23.6 Å². The van der Waals surface area contributed by atoms with Crippen molar-refractivity contribution in [3.63, 3.8) is 0 Å². The molecule has 4 nitrogen and oxygen atoms in total. The van der Waals surface area contributed by atoms with E-state index >= 15 is 0 Å². The van der Waals surface area contributed by atoms with E-state index < -0.39 is 12.0 Å². The van der Waals surface area contributed by atoms with E-state index in [1.807, 2.05) is 6.26 Å². The Kier molecular flexibility index (Phi) is 9.87. The van der Waals surface area contributed by atoms with Crippen molar-refractivity contribution in [2.45, 2.75) is 19.4 Å². The summed E-state index contributed by atoms with van der Waals surface area (Å²) >= 11 is 1.56. The zero-order valence-electron chi connectivity index (χ0n) is 7.50. The van der Waals surface area contributed by atoms with Gasteiger partial charge >= 0.3 is 5.97 Å². The van der Waals surface area contributed by atoms with Gasteiger partial charge in [0.2, 0.25) is 5.91 Å². The third kappa shape index (κ3) is 8.14. The maximum absolute atomic E-state index is 10.5. The van der Waals surface area contributed by atoms with Crippen molar-refractivity contribution in [1.82, 2.24) is 5.32 Å². The summed E-state index contributed by atoms with van der Waals surface area (Å²) in [6.07, 6.45) is 2.36. The number of carbonyl (C=O) groups is 2. The molecule has 0 rings (SSSR count). The smallest absolute Gasteiger partial charge is 0.326 e. The van der Waals surface area contributed by atoms with Gasteiger partial charge in [-0.1, -0.05) is 0 Å². The molecule has 0 aromatic carbocycles. The first kappa shape index (κ1) is 15.3. The molecule has 1 amide bonds. The van der Waals surface area contributed by atoms with Crippen molar-refractivity contribution in [2.24, 2.45) is 0 Å². The molecule has 0 heterocycles. The van der Waals surface area contributed by atoms with E-state index in [0.717, 1.165) is 5.75 Å². The van der Waals surface area contributed by atoms with E-state index in [9.17, 15) is 9.59 Å². The van der Waals surface area contributed by atoms with E-state index in [2.05, 4.69) is 5.32 Å². The van der Waals surface area contributed by atoms with Crippen LogP contribution in [-0.4, -0.2) is 35.0 Å². The second-order valence-corrected chi connectivity index (χ2v) is 3.36. The largest absolute Gasteiger partial charge is 0.480 e. The van der Waals surface area contributed by atoms with Crippen molar-refractivity contribution in [3.05, 3.63) is 0 Å². The van der Waals surface area contributed by atoms with Gasteiger partial charge in [0.25, 0.3) is 0 Å². The van der Waals surface area contributed by atoms with Gasteiger partial charge in [-0.3, -0.25) is 4.79 Å². The number of hydrogen-bond donors (Lipinski definition) is 2. The quantitative estimate of drug-likeness (QED) is 0.737. The summed E-state index contributed by atoms with van der Waals surface area (Å²) in [5.74, 6) is -0.542. The number of carboxylic acid groups (broad SMARTS) is 1. The number of aliphatic carboxylic acids is 1. The normalized spacial score (nSPS) is 11.2. The number of carboxylic acids is 1. The van der Waals surface area contributed by atoms with Gasteiger partial charge < -0.3 is 10.4 Å². The molecule has 6 heteroatoms. The topological polar surface area (TPSA) is 66.4 Å². The van der Waals surface area contributed by atoms with Gasteiger partial charge in [0.15, 0.2) is 0 Å². The molecule has 0 fully saturated rings. The molecule has 0 aromatic rings. The summed E-state index contributed by atoms with van der Waals surface area (Å²) in [4.78, 5) is 21.1.